The highest BCUT2D eigenvalue weighted by molar-refractivity contribution is 6.31. The van der Waals surface area contributed by atoms with Gasteiger partial charge in [-0.2, -0.15) is 5.10 Å². The number of fused-ring (bicyclic) bond motifs is 3. The Kier molecular flexibility index (Phi) is 8.02. The Bertz CT molecular complexity index is 1530. The molecular formula is C29H33N3O11. The van der Waals surface area contributed by atoms with Crippen molar-refractivity contribution in [2.24, 2.45) is 10.8 Å². The highest BCUT2D eigenvalue weighted by atomic mass is 16.7. The zero-order valence-electron chi connectivity index (χ0n) is 23.7. The van der Waals surface area contributed by atoms with Gasteiger partial charge < -0.3 is 45.5 Å². The van der Waals surface area contributed by atoms with Crippen molar-refractivity contribution >= 4 is 23.2 Å². The van der Waals surface area contributed by atoms with Crippen molar-refractivity contribution in [1.82, 2.24) is 5.43 Å². The van der Waals surface area contributed by atoms with E-state index in [4.69, 9.17) is 25.1 Å². The third-order valence-corrected chi connectivity index (χ3v) is 8.31. The number of carbonyl (C=O) groups is 3. The van der Waals surface area contributed by atoms with Gasteiger partial charge in [0.1, 0.15) is 29.5 Å². The van der Waals surface area contributed by atoms with Crippen LogP contribution in [0.15, 0.2) is 23.3 Å². The van der Waals surface area contributed by atoms with Crippen LogP contribution >= 0.6 is 0 Å². The predicted molar refractivity (Wildman–Crippen MR) is 148 cm³/mol. The number of hydrazone groups is 1. The molecule has 5 rings (SSSR count). The van der Waals surface area contributed by atoms with Gasteiger partial charge >= 0.3 is 0 Å². The number of ether oxygens (including phenoxy) is 3. The van der Waals surface area contributed by atoms with Crippen LogP contribution in [0.25, 0.3) is 0 Å². The van der Waals surface area contributed by atoms with E-state index in [9.17, 15) is 34.8 Å². The molecule has 6 atom stereocenters. The summed E-state index contributed by atoms with van der Waals surface area (Å²) in [5.74, 6) is -3.49. The first kappa shape index (κ1) is 30.5. The quantitative estimate of drug-likeness (QED) is 0.112. The van der Waals surface area contributed by atoms with E-state index in [1.54, 1.807) is 6.92 Å². The maximum atomic E-state index is 13.8. The summed E-state index contributed by atoms with van der Waals surface area (Å²) in [7, 11) is 1.33. The summed E-state index contributed by atoms with van der Waals surface area (Å²) in [6.45, 7) is 2.15. The molecule has 0 radical (unpaired) electrons. The number of phenolic OH excluding ortho intramolecular Hbond substituents is 2. The lowest BCUT2D eigenvalue weighted by Gasteiger charge is -2.42. The summed E-state index contributed by atoms with van der Waals surface area (Å²) in [6, 6.07) is 3.69. The molecule has 8 N–H and O–H groups in total. The van der Waals surface area contributed by atoms with E-state index >= 15 is 0 Å². The zero-order chi connectivity index (χ0) is 31.4. The first-order valence-electron chi connectivity index (χ1n) is 13.6. The van der Waals surface area contributed by atoms with Gasteiger partial charge in [-0.05, 0) is 19.9 Å². The minimum atomic E-state index is -1.91. The average molecular weight is 600 g/mol. The number of ketones is 2. The topological polar surface area (TPSA) is 230 Å². The second-order valence-electron chi connectivity index (χ2n) is 11.0. The maximum absolute atomic E-state index is 13.8. The number of aromatic hydroxyl groups is 2. The molecule has 0 aromatic heterocycles. The number of phenols is 2. The van der Waals surface area contributed by atoms with Crippen molar-refractivity contribution in [3.8, 4) is 17.2 Å². The number of hydrogen-bond donors (Lipinski definition) is 7. The van der Waals surface area contributed by atoms with Gasteiger partial charge in [-0.3, -0.25) is 14.4 Å². The lowest BCUT2D eigenvalue weighted by molar-refractivity contribution is -0.245. The molecule has 0 bridgehead atoms. The van der Waals surface area contributed by atoms with Crippen LogP contribution in [0.5, 0.6) is 17.2 Å². The van der Waals surface area contributed by atoms with Gasteiger partial charge in [0.2, 0.25) is 5.78 Å². The summed E-state index contributed by atoms with van der Waals surface area (Å²) >= 11 is 0. The van der Waals surface area contributed by atoms with Gasteiger partial charge in [-0.25, -0.2) is 5.43 Å². The number of rotatable bonds is 6. The molecule has 1 amide bonds. The molecule has 2 aromatic carbocycles. The molecule has 43 heavy (non-hydrogen) atoms. The summed E-state index contributed by atoms with van der Waals surface area (Å²) in [4.78, 5) is 39.1. The van der Waals surface area contributed by atoms with Crippen LogP contribution in [-0.2, 0) is 20.7 Å². The van der Waals surface area contributed by atoms with E-state index < -0.39 is 89.4 Å². The molecule has 14 nitrogen and oxygen atoms in total. The number of benzene rings is 2. The van der Waals surface area contributed by atoms with Gasteiger partial charge in [0, 0.05) is 42.0 Å². The van der Waals surface area contributed by atoms with E-state index in [1.807, 2.05) is 0 Å². The molecule has 2 aromatic rings. The van der Waals surface area contributed by atoms with E-state index in [0.717, 1.165) is 0 Å². The third-order valence-electron chi connectivity index (χ3n) is 8.31. The number of carbonyl (C=O) groups excluding carboxylic acids is 3. The molecular weight excluding hydrogens is 566 g/mol. The van der Waals surface area contributed by atoms with Crippen molar-refractivity contribution in [2.75, 3.05) is 13.7 Å². The zero-order valence-corrected chi connectivity index (χ0v) is 23.7. The van der Waals surface area contributed by atoms with E-state index in [2.05, 4.69) is 10.5 Å². The molecule has 1 heterocycles. The largest absolute Gasteiger partial charge is 0.507 e. The van der Waals surface area contributed by atoms with Crippen LogP contribution in [-0.4, -0.2) is 92.6 Å². The van der Waals surface area contributed by atoms with Crippen LogP contribution in [0.3, 0.4) is 0 Å². The van der Waals surface area contributed by atoms with Crippen LogP contribution in [0.2, 0.25) is 0 Å². The normalized spacial score (nSPS) is 28.5. The molecule has 0 spiro atoms. The molecule has 2 aliphatic carbocycles. The average Bonchev–Trinajstić information content (AvgIpc) is 2.98. The van der Waals surface area contributed by atoms with Gasteiger partial charge in [-0.1, -0.05) is 12.1 Å². The Hall–Kier alpha value is -3.92. The molecule has 0 saturated carbocycles. The predicted octanol–water partition coefficient (Wildman–Crippen LogP) is -0.0757. The van der Waals surface area contributed by atoms with Gasteiger partial charge in [0.25, 0.3) is 5.91 Å². The van der Waals surface area contributed by atoms with Crippen LogP contribution in [0.1, 0.15) is 75.8 Å². The number of aliphatic hydroxyl groups is 3. The third kappa shape index (κ3) is 5.05. The van der Waals surface area contributed by atoms with Gasteiger partial charge in [-0.15, -0.1) is 0 Å². The number of methoxy groups -OCH3 is 1. The molecule has 5 unspecified atom stereocenters. The summed E-state index contributed by atoms with van der Waals surface area (Å²) < 4.78 is 17.3. The SMILES string of the molecule is COc1cccc2c1C(=O)c1c(O)c3c(c(O)c1C2=O)C[C@@](O)(/C(C)=N/NC(=O)CO)CC3OC1CC(N)C(O)C(C)O1. The van der Waals surface area contributed by atoms with Gasteiger partial charge in [0.05, 0.1) is 47.8 Å². The highest BCUT2D eigenvalue weighted by Gasteiger charge is 2.49. The summed E-state index contributed by atoms with van der Waals surface area (Å²) in [6.07, 6.45) is -4.64. The molecule has 3 aliphatic rings. The summed E-state index contributed by atoms with van der Waals surface area (Å²) in [5.41, 5.74) is 5.10. The Morgan fingerprint density at radius 2 is 1.88 bits per heavy atom. The maximum Gasteiger partial charge on any atom is 0.265 e. The lowest BCUT2D eigenvalue weighted by atomic mass is 9.72. The Labute approximate surface area is 245 Å². The van der Waals surface area contributed by atoms with E-state index in [1.165, 1.54) is 32.2 Å². The fourth-order valence-corrected chi connectivity index (χ4v) is 5.95. The van der Waals surface area contributed by atoms with E-state index in [-0.39, 0.29) is 46.6 Å². The number of hydrogen-bond acceptors (Lipinski definition) is 13. The molecule has 1 saturated heterocycles. The van der Waals surface area contributed by atoms with Crippen molar-refractivity contribution in [3.05, 3.63) is 51.6 Å². The monoisotopic (exact) mass is 599 g/mol. The van der Waals surface area contributed by atoms with Crippen molar-refractivity contribution in [1.29, 1.82) is 0 Å². The van der Waals surface area contributed by atoms with E-state index in [0.29, 0.717) is 0 Å². The smallest absolute Gasteiger partial charge is 0.265 e. The van der Waals surface area contributed by atoms with Crippen molar-refractivity contribution in [3.63, 3.8) is 0 Å². The lowest BCUT2D eigenvalue weighted by Crippen LogP contribution is -2.52. The fraction of sp³-hybridized carbons (Fsp3) is 0.448. The number of aliphatic hydroxyl groups excluding tert-OH is 2. The molecule has 230 valence electrons. The van der Waals surface area contributed by atoms with Crippen LogP contribution in [0, 0.1) is 0 Å². The Balaban J connectivity index is 1.67. The van der Waals surface area contributed by atoms with Crippen molar-refractivity contribution in [2.45, 2.75) is 69.4 Å². The van der Waals surface area contributed by atoms with Crippen LogP contribution < -0.4 is 15.9 Å². The number of nitrogens with zero attached hydrogens (tertiary/aromatic N) is 1. The van der Waals surface area contributed by atoms with Gasteiger partial charge in [0.15, 0.2) is 12.1 Å². The first-order valence-corrected chi connectivity index (χ1v) is 13.6. The fourth-order valence-electron chi connectivity index (χ4n) is 5.95. The number of nitrogens with one attached hydrogen (secondary N) is 1. The Morgan fingerprint density at radius 3 is 2.53 bits per heavy atom. The van der Waals surface area contributed by atoms with Crippen molar-refractivity contribution < 1.29 is 54.1 Å². The minimum absolute atomic E-state index is 0.0345. The number of nitrogens with two attached hydrogens (primary N) is 1. The first-order chi connectivity index (χ1) is 20.3. The minimum Gasteiger partial charge on any atom is -0.507 e. The second kappa shape index (κ2) is 11.3. The summed E-state index contributed by atoms with van der Waals surface area (Å²) in [5, 5.41) is 58.1. The Morgan fingerprint density at radius 1 is 1.19 bits per heavy atom. The number of amides is 1. The molecule has 1 fully saturated rings. The standard InChI is InChI=1S/C29H33N3O11/c1-11-24(35)15(30)7-19(42-11)43-17-9-29(40,12(2)31-32-18(34)10-33)8-14-21(17)28(39)23-22(26(14)37)25(36)13-5-4-6-16(41-3)20(13)27(23)38/h4-6,11,15,17,19,24,33,35,37,39-40H,7-10,30H2,1-3H3,(H,32,34)/b31-12+/t11?,15?,17?,19?,24?,29-/m0/s1. The second-order valence-corrected chi connectivity index (χ2v) is 11.0. The van der Waals surface area contributed by atoms with Crippen LogP contribution in [0.4, 0.5) is 0 Å². The highest BCUT2D eigenvalue weighted by Crippen LogP contribution is 2.52. The molecule has 1 aliphatic heterocycles. The molecule has 14 heteroatoms.